The van der Waals surface area contributed by atoms with E-state index in [4.69, 9.17) is 0 Å². The number of hydrogen-bond donors (Lipinski definition) is 0. The van der Waals surface area contributed by atoms with Gasteiger partial charge in [0.2, 0.25) is 0 Å². The molecule has 0 fully saturated rings. The fraction of sp³-hybridized carbons (Fsp3) is 0.171. The van der Waals surface area contributed by atoms with E-state index in [9.17, 15) is 0 Å². The van der Waals surface area contributed by atoms with Crippen LogP contribution in [0.2, 0.25) is 13.1 Å². The van der Waals surface area contributed by atoms with Crippen LogP contribution in [0.1, 0.15) is 36.1 Å². The zero-order chi connectivity index (χ0) is 27.0. The van der Waals surface area contributed by atoms with Crippen molar-refractivity contribution >= 4 is 49.5 Å². The number of halogens is 2. The Bertz CT molecular complexity index is 1590. The van der Waals surface area contributed by atoms with Crippen molar-refractivity contribution in [2.24, 2.45) is 5.41 Å². The molecule has 4 aromatic carbocycles. The average Bonchev–Trinajstić information content (AvgIpc) is 3.40. The molecule has 0 saturated heterocycles. The van der Waals surface area contributed by atoms with Crippen molar-refractivity contribution in [3.8, 4) is 0 Å². The fourth-order valence-electron chi connectivity index (χ4n) is 6.37. The Balaban J connectivity index is 0.000000279. The maximum atomic E-state index is 3.65. The molecule has 0 N–H and O–H groups in total. The van der Waals surface area contributed by atoms with Crippen LogP contribution in [0, 0.1) is 11.8 Å². The summed E-state index contributed by atoms with van der Waals surface area (Å²) in [6.07, 6.45) is 6.08. The normalized spacial score (nSPS) is 15.1. The standard InChI is InChI=1S/C21H17Si.C14H19Si2.2ClH.Zr/c22-20-15-21(16-9-3-1-4-10-16,17-11-5-2-6-12-17)19-14-8-7-13-18(19)20;1-14(2)9-11-7-5-6-8-12(11)13(14)16(3,4)10-15;;;/h1-15H,22H2;5-8,10H,15H2,1-4H3;2*1H;/q2*-1;;;+4/p-2. The van der Waals surface area contributed by atoms with Crippen molar-refractivity contribution in [2.75, 3.05) is 0 Å². The van der Waals surface area contributed by atoms with Gasteiger partial charge in [0.1, 0.15) is 0 Å². The van der Waals surface area contributed by atoms with Crippen molar-refractivity contribution in [2.45, 2.75) is 32.4 Å². The van der Waals surface area contributed by atoms with E-state index in [0.29, 0.717) is 0 Å². The summed E-state index contributed by atoms with van der Waals surface area (Å²) >= 11 is 0. The van der Waals surface area contributed by atoms with E-state index >= 15 is 0 Å². The van der Waals surface area contributed by atoms with Gasteiger partial charge in [-0.1, -0.05) is 127 Å². The molecule has 0 nitrogen and oxygen atoms in total. The van der Waals surface area contributed by atoms with Crippen molar-refractivity contribution in [3.05, 3.63) is 148 Å². The first-order valence-electron chi connectivity index (χ1n) is 13.4. The molecule has 41 heavy (non-hydrogen) atoms. The molecule has 0 spiro atoms. The Labute approximate surface area is 284 Å². The molecule has 6 rings (SSSR count). The second kappa shape index (κ2) is 14.2. The third-order valence-electron chi connectivity index (χ3n) is 7.97. The number of fused-ring (bicyclic) bond motifs is 2. The summed E-state index contributed by atoms with van der Waals surface area (Å²) in [5, 5.41) is 8.20. The van der Waals surface area contributed by atoms with Crippen LogP contribution in [0.3, 0.4) is 0 Å². The third kappa shape index (κ3) is 6.64. The SMILES string of the molecule is CC1(C)[C-]=c2ccccc2=C1[Si](C)(C)C=[SiH2].[Cl-].[Cl-].[SiH2]=C1[CH-]C(c2ccccc2)(c2ccccc2)c2ccccc21.[Zr+4]. The molecule has 0 amide bonds. The summed E-state index contributed by atoms with van der Waals surface area (Å²) in [6.45, 7) is 9.45. The summed E-state index contributed by atoms with van der Waals surface area (Å²) in [5.74, 6) is 0. The van der Waals surface area contributed by atoms with Crippen molar-refractivity contribution < 1.29 is 51.0 Å². The predicted molar refractivity (Wildman–Crippen MR) is 175 cm³/mol. The molecular formula is C35H36Cl2Si3Zr. The van der Waals surface area contributed by atoms with E-state index in [2.05, 4.69) is 154 Å². The van der Waals surface area contributed by atoms with E-state index in [0.717, 1.165) is 0 Å². The summed E-state index contributed by atoms with van der Waals surface area (Å²) in [5.41, 5.74) is 5.35. The van der Waals surface area contributed by atoms with Gasteiger partial charge in [-0.2, -0.15) is 22.9 Å². The molecule has 6 heteroatoms. The smallest absolute Gasteiger partial charge is 1.00 e. The van der Waals surface area contributed by atoms with Gasteiger partial charge in [0.15, 0.2) is 0 Å². The van der Waals surface area contributed by atoms with Crippen LogP contribution < -0.4 is 35.3 Å². The van der Waals surface area contributed by atoms with Crippen molar-refractivity contribution in [1.29, 1.82) is 0 Å². The van der Waals surface area contributed by atoms with Crippen LogP contribution in [0.15, 0.2) is 109 Å². The third-order valence-corrected chi connectivity index (χ3v) is 14.8. The van der Waals surface area contributed by atoms with Crippen molar-refractivity contribution in [1.82, 2.24) is 0 Å². The first-order valence-corrected chi connectivity index (χ1v) is 18.0. The zero-order valence-electron chi connectivity index (χ0n) is 24.2. The molecular weight excluding hydrogens is 667 g/mol. The Morgan fingerprint density at radius 3 is 1.78 bits per heavy atom. The van der Waals surface area contributed by atoms with Gasteiger partial charge in [0.05, 0.1) is 8.07 Å². The van der Waals surface area contributed by atoms with Gasteiger partial charge in [0.25, 0.3) is 0 Å². The van der Waals surface area contributed by atoms with Crippen LogP contribution >= 0.6 is 0 Å². The van der Waals surface area contributed by atoms with Crippen LogP contribution in [-0.4, -0.2) is 38.2 Å². The molecule has 2 aliphatic carbocycles. The Morgan fingerprint density at radius 1 is 0.732 bits per heavy atom. The molecule has 0 unspecified atom stereocenters. The number of hydrogen-bond acceptors (Lipinski definition) is 0. The van der Waals surface area contributed by atoms with E-state index in [1.54, 1.807) is 5.20 Å². The van der Waals surface area contributed by atoms with E-state index < -0.39 is 8.07 Å². The van der Waals surface area contributed by atoms with Gasteiger partial charge in [-0.05, 0) is 26.4 Å². The first-order chi connectivity index (χ1) is 18.2. The van der Waals surface area contributed by atoms with E-state index in [1.807, 2.05) is 19.7 Å². The van der Waals surface area contributed by atoms with Crippen LogP contribution in [-0.2, 0) is 31.6 Å². The fourth-order valence-corrected chi connectivity index (χ4v) is 10.4. The second-order valence-electron chi connectivity index (χ2n) is 11.4. The quantitative estimate of drug-likeness (QED) is 0.173. The molecule has 0 bridgehead atoms. The molecule has 0 saturated carbocycles. The topological polar surface area (TPSA) is 0 Å². The molecule has 206 valence electrons. The van der Waals surface area contributed by atoms with E-state index in [1.165, 1.54) is 37.9 Å². The number of benzene rings is 4. The van der Waals surface area contributed by atoms with E-state index in [-0.39, 0.29) is 61.8 Å². The molecule has 4 aromatic rings. The van der Waals surface area contributed by atoms with Crippen molar-refractivity contribution in [3.63, 3.8) is 0 Å². The van der Waals surface area contributed by atoms with Gasteiger partial charge >= 0.3 is 26.2 Å². The second-order valence-corrected chi connectivity index (χ2v) is 17.7. The Hall–Kier alpha value is -1.66. The molecule has 2 aliphatic rings. The maximum absolute atomic E-state index is 3.65. The Morgan fingerprint density at radius 2 is 1.22 bits per heavy atom. The molecule has 0 atom stereocenters. The van der Waals surface area contributed by atoms with Crippen LogP contribution in [0.4, 0.5) is 0 Å². The zero-order valence-corrected chi connectivity index (χ0v) is 32.0. The first kappa shape index (κ1) is 35.5. The van der Waals surface area contributed by atoms with Gasteiger partial charge in [0, 0.05) is 0 Å². The Kier molecular flexibility index (Phi) is 12.3. The maximum Gasteiger partial charge on any atom is 4.00 e. The molecule has 0 heterocycles. The number of rotatable bonds is 4. The molecule has 0 aromatic heterocycles. The average molecular weight is 703 g/mol. The minimum Gasteiger partial charge on any atom is -1.00 e. The summed E-state index contributed by atoms with van der Waals surface area (Å²) < 4.78 is 0. The monoisotopic (exact) mass is 700 g/mol. The van der Waals surface area contributed by atoms with Gasteiger partial charge < -0.3 is 24.8 Å². The summed E-state index contributed by atoms with van der Waals surface area (Å²) in [4.78, 5) is 0. The van der Waals surface area contributed by atoms with Crippen LogP contribution in [0.5, 0.6) is 0 Å². The van der Waals surface area contributed by atoms with Gasteiger partial charge in [-0.25, -0.2) is 11.6 Å². The molecule has 0 aliphatic heterocycles. The summed E-state index contributed by atoms with van der Waals surface area (Å²) in [7, 11) is 2.60. The van der Waals surface area contributed by atoms with Crippen LogP contribution in [0.25, 0.3) is 11.3 Å². The minimum atomic E-state index is -1.39. The molecule has 0 radical (unpaired) electrons. The minimum absolute atomic E-state index is 0. The predicted octanol–water partition coefficient (Wildman–Crippen LogP) is -1.85. The largest absolute Gasteiger partial charge is 4.00 e. The van der Waals surface area contributed by atoms with Gasteiger partial charge in [-0.3, -0.25) is 0 Å². The van der Waals surface area contributed by atoms with Gasteiger partial charge in [-0.15, -0.1) is 39.5 Å². The summed E-state index contributed by atoms with van der Waals surface area (Å²) in [6, 6.07) is 39.1.